The Hall–Kier alpha value is -2.62. The molecule has 0 saturated carbocycles. The second-order valence-electron chi connectivity index (χ2n) is 4.24. The maximum absolute atomic E-state index is 11.9. The first-order chi connectivity index (χ1) is 9.25. The van der Waals surface area contributed by atoms with Gasteiger partial charge >= 0.3 is 5.97 Å². The third-order valence-corrected chi connectivity index (χ3v) is 3.07. The Bertz CT molecular complexity index is 645. The van der Waals surface area contributed by atoms with Crippen molar-refractivity contribution in [2.75, 3.05) is 6.61 Å². The number of nitrogens with zero attached hydrogens (tertiary/aromatic N) is 1. The van der Waals surface area contributed by atoms with E-state index in [2.05, 4.69) is 0 Å². The van der Waals surface area contributed by atoms with E-state index in [0.717, 1.165) is 11.1 Å². The Labute approximate surface area is 110 Å². The minimum absolute atomic E-state index is 0.268. The van der Waals surface area contributed by atoms with E-state index in [4.69, 9.17) is 4.74 Å². The first-order valence-electron chi connectivity index (χ1n) is 5.90. The molecule has 4 heteroatoms. The van der Waals surface area contributed by atoms with Crippen molar-refractivity contribution >= 4 is 17.1 Å². The molecule has 3 rings (SSSR count). The number of hydrogen-bond acceptors (Lipinski definition) is 3. The van der Waals surface area contributed by atoms with E-state index >= 15 is 0 Å². The van der Waals surface area contributed by atoms with Gasteiger partial charge in [-0.05, 0) is 5.56 Å². The summed E-state index contributed by atoms with van der Waals surface area (Å²) in [6.45, 7) is 0.268. The third-order valence-electron chi connectivity index (χ3n) is 3.07. The van der Waals surface area contributed by atoms with Gasteiger partial charge in [-0.1, -0.05) is 30.3 Å². The Morgan fingerprint density at radius 1 is 1.00 bits per heavy atom. The summed E-state index contributed by atoms with van der Waals surface area (Å²) >= 11 is 0. The summed E-state index contributed by atoms with van der Waals surface area (Å²) < 4.78 is 5.81. The number of benzene rings is 1. The molecule has 94 valence electrons. The Kier molecular flexibility index (Phi) is 2.76. The van der Waals surface area contributed by atoms with Crippen molar-refractivity contribution in [3.63, 3.8) is 0 Å². The quantitative estimate of drug-likeness (QED) is 0.466. The summed E-state index contributed by atoms with van der Waals surface area (Å²) in [5.41, 5.74) is 3.05. The van der Waals surface area contributed by atoms with Crippen LogP contribution in [-0.4, -0.2) is 12.6 Å². The van der Waals surface area contributed by atoms with Crippen LogP contribution in [0.3, 0.4) is 0 Å². The maximum Gasteiger partial charge on any atom is 0.339 e. The van der Waals surface area contributed by atoms with Crippen LogP contribution < -0.4 is 4.73 Å². The van der Waals surface area contributed by atoms with E-state index in [0.29, 0.717) is 15.9 Å². The predicted molar refractivity (Wildman–Crippen MR) is 69.6 cm³/mol. The molecular weight excluding hydrogens is 242 g/mol. The molecule has 0 radical (unpaired) electrons. The number of cyclic esters (lactones) is 1. The lowest BCUT2D eigenvalue weighted by molar-refractivity contribution is -0.605. The lowest BCUT2D eigenvalue weighted by atomic mass is 9.97. The number of hydrogen-bond donors (Lipinski definition) is 0. The summed E-state index contributed by atoms with van der Waals surface area (Å²) in [6.07, 6.45) is 2.74. The molecule has 0 N–H and O–H groups in total. The maximum atomic E-state index is 11.9. The van der Waals surface area contributed by atoms with Crippen molar-refractivity contribution in [1.29, 1.82) is 0 Å². The highest BCUT2D eigenvalue weighted by Gasteiger charge is 2.27. The number of aromatic nitrogens is 1. The van der Waals surface area contributed by atoms with Crippen molar-refractivity contribution in [3.8, 4) is 0 Å². The molecule has 0 fully saturated rings. The van der Waals surface area contributed by atoms with Crippen molar-refractivity contribution in [2.24, 2.45) is 0 Å². The van der Waals surface area contributed by atoms with Crippen LogP contribution >= 0.6 is 0 Å². The molecule has 2 heterocycles. The topological polar surface area (TPSA) is 53.2 Å². The largest absolute Gasteiger partial charge is 0.619 e. The predicted octanol–water partition coefficient (Wildman–Crippen LogP) is 1.79. The van der Waals surface area contributed by atoms with Crippen molar-refractivity contribution < 1.29 is 14.3 Å². The van der Waals surface area contributed by atoms with E-state index in [1.165, 1.54) is 12.4 Å². The SMILES string of the molecule is O=C1OCC(c2ccccc2)=C1c1cc[n+]([O-])cc1. The van der Waals surface area contributed by atoms with Gasteiger partial charge in [-0.25, -0.2) is 4.79 Å². The standard InChI is InChI=1S/C15H11NO3/c17-15-14(12-6-8-16(18)9-7-12)13(10-19-15)11-4-2-1-3-5-11/h1-9H,10H2. The van der Waals surface area contributed by atoms with Gasteiger partial charge in [-0.3, -0.25) is 0 Å². The molecule has 0 unspecified atom stereocenters. The smallest absolute Gasteiger partial charge is 0.339 e. The van der Waals surface area contributed by atoms with Crippen LogP contribution in [0.4, 0.5) is 0 Å². The van der Waals surface area contributed by atoms with Crippen LogP contribution in [-0.2, 0) is 9.53 Å². The zero-order valence-electron chi connectivity index (χ0n) is 10.1. The molecule has 1 aliphatic heterocycles. The van der Waals surface area contributed by atoms with Gasteiger partial charge in [-0.15, -0.1) is 0 Å². The number of pyridine rings is 1. The molecule has 0 saturated heterocycles. The molecule has 1 aromatic heterocycles. The molecule has 1 aliphatic rings. The third kappa shape index (κ3) is 2.08. The highest BCUT2D eigenvalue weighted by molar-refractivity contribution is 6.27. The van der Waals surface area contributed by atoms with Crippen LogP contribution in [0.5, 0.6) is 0 Å². The van der Waals surface area contributed by atoms with Crippen LogP contribution in [0.15, 0.2) is 54.9 Å². The molecule has 1 aromatic carbocycles. The van der Waals surface area contributed by atoms with Crippen molar-refractivity contribution in [3.05, 3.63) is 71.2 Å². The number of ether oxygens (including phenoxy) is 1. The second-order valence-corrected chi connectivity index (χ2v) is 4.24. The molecular formula is C15H11NO3. The zero-order valence-corrected chi connectivity index (χ0v) is 10.1. The molecule has 0 bridgehead atoms. The fraction of sp³-hybridized carbons (Fsp3) is 0.0667. The molecule has 0 aliphatic carbocycles. The highest BCUT2D eigenvalue weighted by Crippen LogP contribution is 2.32. The van der Waals surface area contributed by atoms with E-state index in [1.807, 2.05) is 30.3 Å². The average molecular weight is 253 g/mol. The highest BCUT2D eigenvalue weighted by atomic mass is 16.5. The molecule has 19 heavy (non-hydrogen) atoms. The summed E-state index contributed by atoms with van der Waals surface area (Å²) in [7, 11) is 0. The van der Waals surface area contributed by atoms with Gasteiger partial charge in [-0.2, -0.15) is 4.73 Å². The monoisotopic (exact) mass is 253 g/mol. The summed E-state index contributed by atoms with van der Waals surface area (Å²) in [5.74, 6) is -0.345. The Morgan fingerprint density at radius 3 is 2.37 bits per heavy atom. The number of esters is 1. The minimum Gasteiger partial charge on any atom is -0.619 e. The van der Waals surface area contributed by atoms with E-state index < -0.39 is 0 Å². The first-order valence-corrected chi connectivity index (χ1v) is 5.90. The zero-order chi connectivity index (χ0) is 13.2. The lowest BCUT2D eigenvalue weighted by Crippen LogP contribution is -2.23. The minimum atomic E-state index is -0.345. The van der Waals surface area contributed by atoms with E-state index in [-0.39, 0.29) is 12.6 Å². The lowest BCUT2D eigenvalue weighted by Gasteiger charge is -2.04. The molecule has 0 atom stereocenters. The van der Waals surface area contributed by atoms with E-state index in [1.54, 1.807) is 12.1 Å². The normalized spacial score (nSPS) is 14.6. The van der Waals surface area contributed by atoms with Gasteiger partial charge in [0.15, 0.2) is 12.4 Å². The van der Waals surface area contributed by atoms with Gasteiger partial charge in [0.1, 0.15) is 6.61 Å². The van der Waals surface area contributed by atoms with Crippen molar-refractivity contribution in [2.45, 2.75) is 0 Å². The Morgan fingerprint density at radius 2 is 1.68 bits per heavy atom. The molecule has 4 nitrogen and oxygen atoms in total. The van der Waals surface area contributed by atoms with Crippen LogP contribution in [0.2, 0.25) is 0 Å². The van der Waals surface area contributed by atoms with Crippen LogP contribution in [0, 0.1) is 5.21 Å². The van der Waals surface area contributed by atoms with Crippen LogP contribution in [0.25, 0.3) is 11.1 Å². The first kappa shape index (κ1) is 11.5. The Balaban J connectivity index is 2.14. The van der Waals surface area contributed by atoms with Crippen LogP contribution in [0.1, 0.15) is 11.1 Å². The van der Waals surface area contributed by atoms with Crippen molar-refractivity contribution in [1.82, 2.24) is 0 Å². The number of rotatable bonds is 2. The summed E-state index contributed by atoms with van der Waals surface area (Å²) in [6, 6.07) is 12.9. The summed E-state index contributed by atoms with van der Waals surface area (Å²) in [4.78, 5) is 11.9. The van der Waals surface area contributed by atoms with Gasteiger partial charge in [0, 0.05) is 23.3 Å². The van der Waals surface area contributed by atoms with Gasteiger partial charge in [0.25, 0.3) is 0 Å². The number of carbonyl (C=O) groups excluding carboxylic acids is 1. The number of carbonyl (C=O) groups is 1. The molecule has 2 aromatic rings. The van der Waals surface area contributed by atoms with Gasteiger partial charge in [0.05, 0.1) is 5.57 Å². The average Bonchev–Trinajstić information content (AvgIpc) is 2.83. The van der Waals surface area contributed by atoms with E-state index in [9.17, 15) is 10.0 Å². The van der Waals surface area contributed by atoms with Gasteiger partial charge < -0.3 is 9.94 Å². The summed E-state index contributed by atoms with van der Waals surface area (Å²) in [5, 5.41) is 11.1. The molecule has 0 amide bonds. The van der Waals surface area contributed by atoms with Gasteiger partial charge in [0.2, 0.25) is 0 Å². The fourth-order valence-electron chi connectivity index (χ4n) is 2.14. The molecule has 0 spiro atoms. The second kappa shape index (κ2) is 4.57. The fourth-order valence-corrected chi connectivity index (χ4v) is 2.14.